The lowest BCUT2D eigenvalue weighted by Gasteiger charge is -2.09. The van der Waals surface area contributed by atoms with Crippen molar-refractivity contribution >= 4 is 16.1 Å². The van der Waals surface area contributed by atoms with Crippen molar-refractivity contribution in [2.24, 2.45) is 0 Å². The van der Waals surface area contributed by atoms with Crippen LogP contribution in [0.3, 0.4) is 0 Å². The number of aromatic nitrogens is 2. The van der Waals surface area contributed by atoms with Crippen LogP contribution in [0.5, 0.6) is 11.5 Å². The minimum atomic E-state index is -4.67. The lowest BCUT2D eigenvalue weighted by molar-refractivity contribution is 0.267. The molecule has 10 nitrogen and oxygen atoms in total. The molecule has 28 heavy (non-hydrogen) atoms. The summed E-state index contributed by atoms with van der Waals surface area (Å²) in [5.74, 6) is 1.09. The van der Waals surface area contributed by atoms with E-state index in [0.717, 1.165) is 11.4 Å². The number of benzene rings is 1. The molecule has 0 saturated heterocycles. The molecule has 0 bridgehead atoms. The number of aryl methyl sites for hydroxylation is 1. The van der Waals surface area contributed by atoms with Gasteiger partial charge in [-0.15, -0.1) is 0 Å². The molecule has 0 aliphatic carbocycles. The van der Waals surface area contributed by atoms with Crippen LogP contribution in [0.15, 0.2) is 18.2 Å². The highest BCUT2D eigenvalue weighted by molar-refractivity contribution is 7.79. The Hall–Kier alpha value is -2.96. The summed E-state index contributed by atoms with van der Waals surface area (Å²) in [6.07, 6.45) is 1.39. The summed E-state index contributed by atoms with van der Waals surface area (Å²) in [6.45, 7) is 11.5. The third-order valence-corrected chi connectivity index (χ3v) is 3.43. The second-order valence-corrected chi connectivity index (χ2v) is 6.26. The van der Waals surface area contributed by atoms with Crippen LogP contribution >= 0.6 is 0 Å². The van der Waals surface area contributed by atoms with Crippen LogP contribution in [0, 0.1) is 17.9 Å². The highest BCUT2D eigenvalue weighted by Gasteiger charge is 2.18. The first-order valence-corrected chi connectivity index (χ1v) is 9.56. The quantitative estimate of drug-likeness (QED) is 0.486. The van der Waals surface area contributed by atoms with Gasteiger partial charge in [-0.1, -0.05) is 13.8 Å². The highest BCUT2D eigenvalue weighted by Crippen LogP contribution is 2.33. The van der Waals surface area contributed by atoms with Gasteiger partial charge >= 0.3 is 10.4 Å². The maximum absolute atomic E-state index is 9.17. The molecule has 3 N–H and O–H groups in total. The van der Waals surface area contributed by atoms with Crippen LogP contribution in [0.25, 0.3) is 4.85 Å². The van der Waals surface area contributed by atoms with Crippen molar-refractivity contribution in [3.8, 4) is 17.6 Å². The number of nitriles is 1. The molecule has 11 heteroatoms. The smallest absolute Gasteiger partial charge is 0.394 e. The van der Waals surface area contributed by atoms with Crippen molar-refractivity contribution in [2.45, 2.75) is 33.2 Å². The van der Waals surface area contributed by atoms with Gasteiger partial charge in [-0.05, 0) is 31.0 Å². The highest BCUT2D eigenvalue weighted by atomic mass is 32.3. The van der Waals surface area contributed by atoms with Crippen LogP contribution in [0.2, 0.25) is 0 Å². The predicted octanol–water partition coefficient (Wildman–Crippen LogP) is 2.81. The average Bonchev–Trinajstić information content (AvgIpc) is 2.96. The number of ether oxygens (including phenoxy) is 1. The molecule has 0 spiro atoms. The zero-order chi connectivity index (χ0) is 21.3. The molecule has 1 aromatic heterocycles. The fraction of sp³-hybridized carbons (Fsp3) is 0.353. The minimum absolute atomic E-state index is 0. The minimum Gasteiger partial charge on any atom is -0.455 e. The van der Waals surface area contributed by atoms with E-state index in [1.807, 2.05) is 19.9 Å². The molecule has 1 aromatic carbocycles. The van der Waals surface area contributed by atoms with Crippen LogP contribution in [-0.4, -0.2) is 39.0 Å². The van der Waals surface area contributed by atoms with Crippen molar-refractivity contribution in [2.75, 3.05) is 6.61 Å². The molecule has 2 aromatic rings. The average molecular weight is 410 g/mol. The summed E-state index contributed by atoms with van der Waals surface area (Å²) in [5, 5.41) is 22.7. The van der Waals surface area contributed by atoms with E-state index in [1.54, 1.807) is 16.8 Å². The van der Waals surface area contributed by atoms with Crippen LogP contribution in [0.1, 0.15) is 32.2 Å². The third kappa shape index (κ3) is 6.98. The first-order chi connectivity index (χ1) is 13.2. The van der Waals surface area contributed by atoms with Gasteiger partial charge in [-0.3, -0.25) is 13.8 Å². The molecular formula is C17H22N4O6S. The molecular weight excluding hydrogens is 388 g/mol. The molecule has 152 valence electrons. The summed E-state index contributed by atoms with van der Waals surface area (Å²) in [6, 6.07) is 6.77. The molecule has 0 saturated carbocycles. The molecule has 1 heterocycles. The molecule has 0 amide bonds. The lowest BCUT2D eigenvalue weighted by atomic mass is 10.2. The molecule has 0 aliphatic rings. The fourth-order valence-electron chi connectivity index (χ4n) is 2.40. The number of rotatable bonds is 6. The summed E-state index contributed by atoms with van der Waals surface area (Å²) in [7, 11) is -4.67. The first-order valence-electron chi connectivity index (χ1n) is 8.16. The van der Waals surface area contributed by atoms with Crippen LogP contribution in [-0.2, 0) is 29.8 Å². The van der Waals surface area contributed by atoms with E-state index in [0.29, 0.717) is 42.1 Å². The van der Waals surface area contributed by atoms with Gasteiger partial charge in [0.2, 0.25) is 0 Å². The number of hydrogen-bond donors (Lipinski definition) is 3. The van der Waals surface area contributed by atoms with Crippen molar-refractivity contribution < 1.29 is 28.8 Å². The van der Waals surface area contributed by atoms with Crippen LogP contribution in [0.4, 0.5) is 5.69 Å². The first kappa shape index (κ1) is 23.1. The SMILES string of the molecule is O=S(=O)(O)O.[C-]#[N+]c1cc(C#N)cc(Oc2c(CC)nn(CCO)c2CC)c1.[HH]. The van der Waals surface area contributed by atoms with E-state index in [-0.39, 0.29) is 8.03 Å². The number of aliphatic hydroxyl groups excluding tert-OH is 1. The third-order valence-electron chi connectivity index (χ3n) is 3.43. The standard InChI is InChI=1S/C17H18N4O2.H2O4S.H2/c1-4-15-17(16(5-2)21(20-15)6-7-22)23-14-9-12(11-18)8-13(10-14)19-3;1-5(2,3)4;/h8-10,22H,4-7H2,1-2H3;(H2,1,2,3,4);1H. The Balaban J connectivity index is 0.00000117. The number of hydrogen-bond acceptors (Lipinski definition) is 6. The Labute approximate surface area is 164 Å². The Morgan fingerprint density at radius 3 is 2.43 bits per heavy atom. The van der Waals surface area contributed by atoms with E-state index in [2.05, 4.69) is 9.94 Å². The van der Waals surface area contributed by atoms with Gasteiger partial charge < -0.3 is 9.84 Å². The second-order valence-electron chi connectivity index (χ2n) is 5.37. The Bertz CT molecular complexity index is 968. The van der Waals surface area contributed by atoms with Crippen molar-refractivity contribution in [3.63, 3.8) is 0 Å². The van der Waals surface area contributed by atoms with E-state index in [1.165, 1.54) is 6.07 Å². The van der Waals surface area contributed by atoms with Gasteiger partial charge in [-0.25, -0.2) is 4.85 Å². The molecule has 0 aliphatic heterocycles. The molecule has 0 unspecified atom stereocenters. The Kier molecular flexibility index (Phi) is 8.57. The van der Waals surface area contributed by atoms with Crippen molar-refractivity contribution in [1.82, 2.24) is 9.78 Å². The monoisotopic (exact) mass is 410 g/mol. The fourth-order valence-corrected chi connectivity index (χ4v) is 2.40. The van der Waals surface area contributed by atoms with Gasteiger partial charge in [0.15, 0.2) is 11.4 Å². The summed E-state index contributed by atoms with van der Waals surface area (Å²) in [4.78, 5) is 3.37. The lowest BCUT2D eigenvalue weighted by Crippen LogP contribution is -2.07. The van der Waals surface area contributed by atoms with E-state index >= 15 is 0 Å². The summed E-state index contributed by atoms with van der Waals surface area (Å²) < 4.78 is 39.3. The van der Waals surface area contributed by atoms with Gasteiger partial charge in [0.25, 0.3) is 0 Å². The molecule has 0 fully saturated rings. The van der Waals surface area contributed by atoms with E-state index in [4.69, 9.17) is 39.2 Å². The van der Waals surface area contributed by atoms with Crippen LogP contribution < -0.4 is 4.74 Å². The molecule has 0 radical (unpaired) electrons. The van der Waals surface area contributed by atoms with Gasteiger partial charge in [0.05, 0.1) is 31.5 Å². The number of nitrogens with zero attached hydrogens (tertiary/aromatic N) is 4. The summed E-state index contributed by atoms with van der Waals surface area (Å²) >= 11 is 0. The predicted molar refractivity (Wildman–Crippen MR) is 102 cm³/mol. The normalized spacial score (nSPS) is 10.4. The summed E-state index contributed by atoms with van der Waals surface area (Å²) in [5.41, 5.74) is 2.43. The maximum Gasteiger partial charge on any atom is 0.394 e. The van der Waals surface area contributed by atoms with Gasteiger partial charge in [-0.2, -0.15) is 18.8 Å². The Morgan fingerprint density at radius 1 is 1.32 bits per heavy atom. The van der Waals surface area contributed by atoms with E-state index in [9.17, 15) is 0 Å². The Morgan fingerprint density at radius 2 is 1.96 bits per heavy atom. The molecule has 2 rings (SSSR count). The van der Waals surface area contributed by atoms with Gasteiger partial charge in [0, 0.05) is 6.99 Å². The molecule has 0 atom stereocenters. The second kappa shape index (κ2) is 10.4. The zero-order valence-electron chi connectivity index (χ0n) is 15.3. The van der Waals surface area contributed by atoms with Crippen molar-refractivity contribution in [3.05, 3.63) is 46.6 Å². The zero-order valence-corrected chi connectivity index (χ0v) is 16.1. The van der Waals surface area contributed by atoms with Crippen molar-refractivity contribution in [1.29, 1.82) is 5.26 Å². The van der Waals surface area contributed by atoms with Gasteiger partial charge in [0.1, 0.15) is 11.4 Å². The number of aliphatic hydroxyl groups is 1. The topological polar surface area (TPSA) is 150 Å². The van der Waals surface area contributed by atoms with E-state index < -0.39 is 10.4 Å². The largest absolute Gasteiger partial charge is 0.455 e. The maximum atomic E-state index is 9.17.